The van der Waals surface area contributed by atoms with E-state index >= 15 is 0 Å². The second-order valence-corrected chi connectivity index (χ2v) is 4.15. The van der Waals surface area contributed by atoms with Crippen LogP contribution in [0.4, 0.5) is 5.69 Å². The van der Waals surface area contributed by atoms with E-state index in [0.29, 0.717) is 0 Å². The Balaban J connectivity index is 3.04. The van der Waals surface area contributed by atoms with Crippen LogP contribution in [0.2, 0.25) is 0 Å². The first kappa shape index (κ1) is 16.6. The Morgan fingerprint density at radius 2 is 2.10 bits per heavy atom. The van der Waals surface area contributed by atoms with Gasteiger partial charge >= 0.3 is 11.9 Å². The summed E-state index contributed by atoms with van der Waals surface area (Å²) in [7, 11) is 1.18. The Labute approximate surface area is 121 Å². The number of nitro groups is 1. The molecule has 0 fully saturated rings. The van der Waals surface area contributed by atoms with Crippen molar-refractivity contribution in [1.82, 2.24) is 0 Å². The van der Waals surface area contributed by atoms with Gasteiger partial charge in [-0.3, -0.25) is 14.9 Å². The molecule has 0 heterocycles. The Hall–Kier alpha value is -2.48. The van der Waals surface area contributed by atoms with Gasteiger partial charge in [-0.25, -0.2) is 4.79 Å². The molecule has 1 aromatic carbocycles. The number of nitrogens with two attached hydrogens (primary N) is 1. The monoisotopic (exact) mass is 296 g/mol. The van der Waals surface area contributed by atoms with Gasteiger partial charge < -0.3 is 15.2 Å². The molecule has 0 aromatic heterocycles. The number of benzene rings is 1. The minimum absolute atomic E-state index is 0.0534. The molecule has 0 aliphatic heterocycles. The molecule has 0 saturated carbocycles. The van der Waals surface area contributed by atoms with Crippen molar-refractivity contribution in [2.45, 2.75) is 19.4 Å². The zero-order valence-electron chi connectivity index (χ0n) is 11.7. The van der Waals surface area contributed by atoms with Crippen LogP contribution in [0, 0.1) is 10.1 Å². The molecule has 2 N–H and O–H groups in total. The molecule has 1 unspecified atom stereocenters. The zero-order valence-corrected chi connectivity index (χ0v) is 11.7. The number of carbonyl (C=O) groups is 2. The van der Waals surface area contributed by atoms with E-state index in [1.165, 1.54) is 19.2 Å². The SMILES string of the molecule is CCOC(=O)C(N)Cc1ccc(C(=O)OC)cc1[N+](=O)[O-]. The highest BCUT2D eigenvalue weighted by molar-refractivity contribution is 5.90. The Morgan fingerprint density at radius 3 is 2.62 bits per heavy atom. The molecule has 8 nitrogen and oxygen atoms in total. The number of esters is 2. The van der Waals surface area contributed by atoms with E-state index in [4.69, 9.17) is 10.5 Å². The molecule has 0 aliphatic rings. The van der Waals surface area contributed by atoms with E-state index in [0.717, 1.165) is 6.07 Å². The van der Waals surface area contributed by atoms with Crippen LogP contribution in [-0.4, -0.2) is 36.6 Å². The van der Waals surface area contributed by atoms with Crippen molar-refractivity contribution in [3.8, 4) is 0 Å². The summed E-state index contributed by atoms with van der Waals surface area (Å²) in [4.78, 5) is 33.2. The fourth-order valence-electron chi connectivity index (χ4n) is 1.72. The highest BCUT2D eigenvalue weighted by Crippen LogP contribution is 2.22. The molecule has 0 amide bonds. The Kier molecular flexibility index (Phi) is 5.79. The highest BCUT2D eigenvalue weighted by atomic mass is 16.6. The third-order valence-electron chi connectivity index (χ3n) is 2.73. The van der Waals surface area contributed by atoms with Crippen LogP contribution >= 0.6 is 0 Å². The lowest BCUT2D eigenvalue weighted by Gasteiger charge is -2.11. The van der Waals surface area contributed by atoms with Crippen LogP contribution in [0.5, 0.6) is 0 Å². The summed E-state index contributed by atoms with van der Waals surface area (Å²) < 4.78 is 9.25. The molecule has 1 rings (SSSR count). The number of methoxy groups -OCH3 is 1. The average Bonchev–Trinajstić information content (AvgIpc) is 2.46. The summed E-state index contributed by atoms with van der Waals surface area (Å²) in [5, 5.41) is 11.1. The summed E-state index contributed by atoms with van der Waals surface area (Å²) in [5.41, 5.74) is 5.64. The zero-order chi connectivity index (χ0) is 16.0. The molecule has 8 heteroatoms. The van der Waals surface area contributed by atoms with E-state index in [1.807, 2.05) is 0 Å². The van der Waals surface area contributed by atoms with Crippen molar-refractivity contribution in [3.63, 3.8) is 0 Å². The molecule has 1 aromatic rings. The summed E-state index contributed by atoms with van der Waals surface area (Å²) >= 11 is 0. The van der Waals surface area contributed by atoms with Crippen molar-refractivity contribution in [3.05, 3.63) is 39.4 Å². The van der Waals surface area contributed by atoms with Crippen molar-refractivity contribution >= 4 is 17.6 Å². The number of rotatable bonds is 6. The van der Waals surface area contributed by atoms with Gasteiger partial charge in [-0.2, -0.15) is 0 Å². The smallest absolute Gasteiger partial charge is 0.338 e. The first-order valence-corrected chi connectivity index (χ1v) is 6.18. The van der Waals surface area contributed by atoms with E-state index in [-0.39, 0.29) is 29.8 Å². The lowest BCUT2D eigenvalue weighted by molar-refractivity contribution is -0.385. The Bertz CT molecular complexity index is 558. The van der Waals surface area contributed by atoms with Crippen LogP contribution in [-0.2, 0) is 20.7 Å². The van der Waals surface area contributed by atoms with Gasteiger partial charge in [-0.15, -0.1) is 0 Å². The number of hydrogen-bond acceptors (Lipinski definition) is 7. The third-order valence-corrected chi connectivity index (χ3v) is 2.73. The van der Waals surface area contributed by atoms with Gasteiger partial charge in [0, 0.05) is 18.1 Å². The number of nitro benzene ring substituents is 1. The van der Waals surface area contributed by atoms with Gasteiger partial charge in [0.05, 0.1) is 24.2 Å². The summed E-state index contributed by atoms with van der Waals surface area (Å²) in [5.74, 6) is -1.32. The first-order chi connectivity index (χ1) is 9.90. The van der Waals surface area contributed by atoms with Gasteiger partial charge in [-0.1, -0.05) is 6.07 Å². The standard InChI is InChI=1S/C13H16N2O6/c1-3-21-13(17)10(14)6-8-4-5-9(12(16)20-2)7-11(8)15(18)19/h4-5,7,10H,3,6,14H2,1-2H3. The Morgan fingerprint density at radius 1 is 1.43 bits per heavy atom. The predicted octanol–water partition coefficient (Wildman–Crippen LogP) is 0.814. The molecule has 1 atom stereocenters. The number of carbonyl (C=O) groups excluding carboxylic acids is 2. The predicted molar refractivity (Wildman–Crippen MR) is 72.7 cm³/mol. The maximum absolute atomic E-state index is 11.5. The van der Waals surface area contributed by atoms with Crippen molar-refractivity contribution in [1.29, 1.82) is 0 Å². The number of nitrogens with zero attached hydrogens (tertiary/aromatic N) is 1. The lowest BCUT2D eigenvalue weighted by atomic mass is 10.0. The quantitative estimate of drug-likeness (QED) is 0.468. The maximum Gasteiger partial charge on any atom is 0.338 e. The fourth-order valence-corrected chi connectivity index (χ4v) is 1.72. The van der Waals surface area contributed by atoms with Crippen LogP contribution in [0.3, 0.4) is 0 Å². The van der Waals surface area contributed by atoms with Crippen molar-refractivity contribution in [2.24, 2.45) is 5.73 Å². The normalized spacial score (nSPS) is 11.6. The van der Waals surface area contributed by atoms with Crippen LogP contribution in [0.25, 0.3) is 0 Å². The van der Waals surface area contributed by atoms with Gasteiger partial charge in [0.1, 0.15) is 6.04 Å². The molecular weight excluding hydrogens is 280 g/mol. The van der Waals surface area contributed by atoms with Crippen LogP contribution in [0.1, 0.15) is 22.8 Å². The van der Waals surface area contributed by atoms with Crippen molar-refractivity contribution in [2.75, 3.05) is 13.7 Å². The van der Waals surface area contributed by atoms with Gasteiger partial charge in [0.15, 0.2) is 0 Å². The van der Waals surface area contributed by atoms with Gasteiger partial charge in [0.25, 0.3) is 5.69 Å². The highest BCUT2D eigenvalue weighted by Gasteiger charge is 2.23. The van der Waals surface area contributed by atoms with Crippen LogP contribution in [0.15, 0.2) is 18.2 Å². The molecule has 0 saturated heterocycles. The molecular formula is C13H16N2O6. The van der Waals surface area contributed by atoms with E-state index < -0.39 is 22.9 Å². The fraction of sp³-hybridized carbons (Fsp3) is 0.385. The van der Waals surface area contributed by atoms with Crippen LogP contribution < -0.4 is 5.73 Å². The number of ether oxygens (including phenoxy) is 2. The average molecular weight is 296 g/mol. The van der Waals surface area contributed by atoms with Gasteiger partial charge in [-0.05, 0) is 13.0 Å². The molecule has 21 heavy (non-hydrogen) atoms. The van der Waals surface area contributed by atoms with Gasteiger partial charge in [0.2, 0.25) is 0 Å². The van der Waals surface area contributed by atoms with E-state index in [1.54, 1.807) is 6.92 Å². The minimum atomic E-state index is -1.01. The third kappa shape index (κ3) is 4.25. The molecule has 0 radical (unpaired) electrons. The molecule has 0 spiro atoms. The second kappa shape index (κ2) is 7.34. The summed E-state index contributed by atoms with van der Waals surface area (Å²) in [6.07, 6.45) is -0.0589. The largest absolute Gasteiger partial charge is 0.465 e. The molecule has 0 aliphatic carbocycles. The summed E-state index contributed by atoms with van der Waals surface area (Å²) in [6, 6.07) is 2.85. The van der Waals surface area contributed by atoms with Crippen molar-refractivity contribution < 1.29 is 24.0 Å². The summed E-state index contributed by atoms with van der Waals surface area (Å²) in [6.45, 7) is 1.81. The minimum Gasteiger partial charge on any atom is -0.465 e. The van der Waals surface area contributed by atoms with E-state index in [9.17, 15) is 19.7 Å². The first-order valence-electron chi connectivity index (χ1n) is 6.18. The maximum atomic E-state index is 11.5. The topological polar surface area (TPSA) is 122 Å². The molecule has 114 valence electrons. The lowest BCUT2D eigenvalue weighted by Crippen LogP contribution is -2.34. The molecule has 0 bridgehead atoms. The second-order valence-electron chi connectivity index (χ2n) is 4.15. The number of hydrogen-bond donors (Lipinski definition) is 1. The van der Waals surface area contributed by atoms with E-state index in [2.05, 4.69) is 4.74 Å².